The van der Waals surface area contributed by atoms with Crippen LogP contribution in [0.1, 0.15) is 96.4 Å². The highest BCUT2D eigenvalue weighted by molar-refractivity contribution is 6.03. The van der Waals surface area contributed by atoms with E-state index in [2.05, 4.69) is 31.9 Å². The summed E-state index contributed by atoms with van der Waals surface area (Å²) in [5.74, 6) is -0.640. The van der Waals surface area contributed by atoms with E-state index in [1.165, 1.54) is 44.9 Å². The van der Waals surface area contributed by atoms with Crippen LogP contribution in [0.5, 0.6) is 0 Å². The summed E-state index contributed by atoms with van der Waals surface area (Å²) in [6, 6.07) is 0. The maximum absolute atomic E-state index is 11.5. The van der Waals surface area contributed by atoms with Crippen molar-refractivity contribution in [3.63, 3.8) is 0 Å². The number of ether oxygens (including phenoxy) is 3. The summed E-state index contributed by atoms with van der Waals surface area (Å²) >= 11 is 0. The largest absolute Gasteiger partial charge is 0.447 e. The van der Waals surface area contributed by atoms with E-state index in [9.17, 15) is 52.7 Å². The first-order valence-corrected chi connectivity index (χ1v) is 19.0. The molecule has 2 aliphatic rings. The number of hydrogen-bond acceptors (Lipinski definition) is 14. The van der Waals surface area contributed by atoms with Gasteiger partial charge in [-0.1, -0.05) is 43.1 Å². The minimum atomic E-state index is -0.521. The third-order valence-electron chi connectivity index (χ3n) is 7.41. The van der Waals surface area contributed by atoms with Gasteiger partial charge in [0.25, 0.3) is 0 Å². The van der Waals surface area contributed by atoms with E-state index in [-0.39, 0.29) is 107 Å². The maximum atomic E-state index is 11.5. The molecule has 22 nitrogen and oxygen atoms in total. The average Bonchev–Trinajstić information content (AvgIpc) is 3.52. The molecule has 2 fully saturated rings. The van der Waals surface area contributed by atoms with Gasteiger partial charge in [0, 0.05) is 98.0 Å². The molecule has 2 unspecified atom stereocenters. The molecule has 362 valence electrons. The molecule has 0 aromatic carbocycles. The van der Waals surface area contributed by atoms with Crippen LogP contribution in [0.2, 0.25) is 0 Å². The number of nitrogens with one attached hydrogen (secondary N) is 6. The minimum absolute atomic E-state index is 0. The number of alkyl carbamates (subject to hydrolysis) is 2. The Labute approximate surface area is 368 Å². The number of nitrogens with zero attached hydrogens (tertiary/aromatic N) is 2. The molecule has 2 saturated heterocycles. The molecular formula is C40H78N8O14. The van der Waals surface area contributed by atoms with E-state index in [4.69, 9.17) is 14.2 Å². The van der Waals surface area contributed by atoms with E-state index in [0.717, 1.165) is 0 Å². The maximum Gasteiger partial charge on any atom is 0.407 e. The van der Waals surface area contributed by atoms with Crippen LogP contribution in [0.25, 0.3) is 0 Å². The number of rotatable bonds is 19. The molecular weight excluding hydrogens is 816 g/mol. The van der Waals surface area contributed by atoms with Gasteiger partial charge in [-0.15, -0.1) is 0 Å². The average molecular weight is 895 g/mol. The van der Waals surface area contributed by atoms with Crippen LogP contribution in [0.4, 0.5) is 9.59 Å². The third kappa shape index (κ3) is 37.3. The molecule has 0 spiro atoms. The summed E-state index contributed by atoms with van der Waals surface area (Å²) in [7, 11) is 4.50. The van der Waals surface area contributed by atoms with Crippen molar-refractivity contribution in [3.8, 4) is 0 Å². The van der Waals surface area contributed by atoms with Crippen LogP contribution in [0.15, 0.2) is 0 Å². The zero-order valence-electron chi connectivity index (χ0n) is 36.1. The summed E-state index contributed by atoms with van der Waals surface area (Å²) < 4.78 is 14.7. The molecule has 10 amide bonds. The minimum Gasteiger partial charge on any atom is -0.447 e. The van der Waals surface area contributed by atoms with Gasteiger partial charge in [-0.05, 0) is 33.6 Å². The summed E-state index contributed by atoms with van der Waals surface area (Å²) in [5, 5.41) is 15.1. The van der Waals surface area contributed by atoms with E-state index >= 15 is 0 Å². The fraction of sp³-hybridized carbons (Fsp3) is 0.725. The van der Waals surface area contributed by atoms with E-state index in [1.54, 1.807) is 27.7 Å². The van der Waals surface area contributed by atoms with Gasteiger partial charge in [0.05, 0.1) is 0 Å². The monoisotopic (exact) mass is 895 g/mol. The Hall–Kier alpha value is -5.67. The molecule has 6 N–H and O–H groups in total. The molecule has 2 rings (SSSR count). The Kier molecular flexibility index (Phi) is 46.2. The molecule has 0 bridgehead atoms. The molecule has 2 heterocycles. The van der Waals surface area contributed by atoms with E-state index < -0.39 is 18.3 Å². The van der Waals surface area contributed by atoms with Gasteiger partial charge in [0.1, 0.15) is 25.1 Å². The summed E-state index contributed by atoms with van der Waals surface area (Å²) in [5.41, 5.74) is 0. The number of hydrogen-bond donors (Lipinski definition) is 6. The highest BCUT2D eigenvalue weighted by Gasteiger charge is 2.33. The lowest BCUT2D eigenvalue weighted by atomic mass is 10.0. The van der Waals surface area contributed by atoms with Crippen LogP contribution in [-0.2, 0) is 57.4 Å². The van der Waals surface area contributed by atoms with Gasteiger partial charge in [0.15, 0.2) is 0 Å². The quantitative estimate of drug-likeness (QED) is 0.0603. The predicted octanol–water partition coefficient (Wildman–Crippen LogP) is 1.15. The van der Waals surface area contributed by atoms with Crippen LogP contribution >= 0.6 is 0 Å². The first kappa shape index (κ1) is 68.1. The molecule has 0 radical (unpaired) electrons. The summed E-state index contributed by atoms with van der Waals surface area (Å²) in [6.45, 7) is 14.5. The van der Waals surface area contributed by atoms with Crippen molar-refractivity contribution < 1.29 is 67.0 Å². The van der Waals surface area contributed by atoms with Crippen LogP contribution in [0.3, 0.4) is 0 Å². The van der Waals surface area contributed by atoms with Gasteiger partial charge in [0.2, 0.25) is 48.3 Å². The van der Waals surface area contributed by atoms with Gasteiger partial charge in [-0.2, -0.15) is 0 Å². The summed E-state index contributed by atoms with van der Waals surface area (Å²) in [6.07, 6.45) is 0.893. The number of methoxy groups -OCH3 is 1. The van der Waals surface area contributed by atoms with Crippen molar-refractivity contribution in [2.45, 2.75) is 103 Å². The van der Waals surface area contributed by atoms with Crippen LogP contribution in [0, 0.1) is 17.8 Å². The fourth-order valence-electron chi connectivity index (χ4n) is 4.31. The number of likely N-dealkylation sites (tertiary alicyclic amines) is 2. The molecule has 0 aromatic rings. The second-order valence-corrected chi connectivity index (χ2v) is 13.2. The number of carbonyl (C=O) groups is 11. The van der Waals surface area contributed by atoms with Gasteiger partial charge >= 0.3 is 12.2 Å². The van der Waals surface area contributed by atoms with Crippen molar-refractivity contribution in [2.75, 3.05) is 73.7 Å². The standard InChI is InChI=1S/C12H22N4O4.C10H20N2O5.2C6H9NO2.C3H6O.3CH4/c1-10(6-11(19)15-4-2-13-8-17)7-12(20)16-5-3-14-9-18;1-4-11-9(13)16-6-8(15-3)7-17-10(14)12-5-2;2*1-4-3-5(8)7(2)6(4)9;1-3(2)4;;;/h8-10H,2-7H2,1H3,(H,13,17)(H,14,18)(H,15,19)(H,16,20);8H,4-7H2,1-3H3,(H,11,13)(H,12,14);2*4H,3H2,1-2H3;1-2H3;3*1H4. The zero-order valence-corrected chi connectivity index (χ0v) is 36.1. The number of imide groups is 2. The zero-order chi connectivity index (χ0) is 45.9. The van der Waals surface area contributed by atoms with Crippen LogP contribution in [-0.4, -0.2) is 156 Å². The molecule has 62 heavy (non-hydrogen) atoms. The first-order valence-electron chi connectivity index (χ1n) is 19.0. The Bertz CT molecular complexity index is 1260. The number of ketones is 1. The third-order valence-corrected chi connectivity index (χ3v) is 7.41. The Morgan fingerprint density at radius 1 is 0.661 bits per heavy atom. The second kappa shape index (κ2) is 42.0. The highest BCUT2D eigenvalue weighted by atomic mass is 16.6. The fourth-order valence-corrected chi connectivity index (χ4v) is 4.31. The van der Waals surface area contributed by atoms with Crippen molar-refractivity contribution in [1.82, 2.24) is 41.7 Å². The van der Waals surface area contributed by atoms with Gasteiger partial charge in [-0.3, -0.25) is 48.2 Å². The molecule has 0 aliphatic carbocycles. The lowest BCUT2D eigenvalue weighted by molar-refractivity contribution is -0.139. The van der Waals surface area contributed by atoms with Gasteiger partial charge < -0.3 is 50.9 Å². The molecule has 0 aromatic heterocycles. The number of amides is 10. The van der Waals surface area contributed by atoms with Gasteiger partial charge in [-0.25, -0.2) is 9.59 Å². The topological polar surface area (TPSA) is 294 Å². The van der Waals surface area contributed by atoms with E-state index in [1.807, 2.05) is 6.92 Å². The predicted molar refractivity (Wildman–Crippen MR) is 233 cm³/mol. The van der Waals surface area contributed by atoms with Crippen molar-refractivity contribution >= 4 is 66.2 Å². The molecule has 0 saturated carbocycles. The number of Topliss-reactive ketones (excluding diaryl/α,β-unsaturated/α-hetero) is 1. The molecule has 2 atom stereocenters. The Morgan fingerprint density at radius 2 is 0.984 bits per heavy atom. The Balaban J connectivity index is -0.000000168. The second-order valence-electron chi connectivity index (χ2n) is 13.2. The van der Waals surface area contributed by atoms with Crippen molar-refractivity contribution in [2.24, 2.45) is 17.8 Å². The highest BCUT2D eigenvalue weighted by Crippen LogP contribution is 2.16. The number of carbonyl (C=O) groups excluding carboxylic acids is 11. The smallest absolute Gasteiger partial charge is 0.407 e. The van der Waals surface area contributed by atoms with Crippen LogP contribution < -0.4 is 31.9 Å². The van der Waals surface area contributed by atoms with Crippen molar-refractivity contribution in [3.05, 3.63) is 0 Å². The lowest BCUT2D eigenvalue weighted by Crippen LogP contribution is -2.34. The lowest BCUT2D eigenvalue weighted by Gasteiger charge is -2.15. The molecule has 2 aliphatic heterocycles. The van der Waals surface area contributed by atoms with E-state index in [0.29, 0.717) is 64.9 Å². The normalized spacial score (nSPS) is 14.3. The SMILES string of the molecule is C.C.C.CC(C)=O.CC(CC(=O)NCCNC=O)CC(=O)NCCNC=O.CC1CC(=O)N(C)C1=O.CC1CC(=O)N(C)C1=O.CCNC(=O)OCC(COC(=O)NCC)OC. The summed E-state index contributed by atoms with van der Waals surface area (Å²) in [4.78, 5) is 120. The first-order chi connectivity index (χ1) is 27.7. The Morgan fingerprint density at radius 3 is 1.19 bits per heavy atom. The van der Waals surface area contributed by atoms with Crippen molar-refractivity contribution in [1.29, 1.82) is 0 Å². The molecule has 22 heteroatoms.